The predicted octanol–water partition coefficient (Wildman–Crippen LogP) is 2.26. The molecular weight excluding hydrogens is 340 g/mol. The van der Waals surface area contributed by atoms with Crippen molar-refractivity contribution in [3.05, 3.63) is 35.4 Å². The number of thioether (sulfide) groups is 1. The zero-order valence-corrected chi connectivity index (χ0v) is 15.5. The summed E-state index contributed by atoms with van der Waals surface area (Å²) < 4.78 is -0.516. The molecule has 3 rings (SSSR count). The Morgan fingerprint density at radius 1 is 1.28 bits per heavy atom. The third-order valence-electron chi connectivity index (χ3n) is 4.78. The number of hydrogen-bond donors (Lipinski definition) is 2. The van der Waals surface area contributed by atoms with Crippen LogP contribution in [0.5, 0.6) is 0 Å². The SMILES string of the molecule is CC(C)[C@H](NC(=O)[C@H]1N2C(=O)c3ccccc3[C@H]2SC1(C)C)C(=O)O. The Morgan fingerprint density at radius 3 is 2.52 bits per heavy atom. The minimum Gasteiger partial charge on any atom is -0.480 e. The molecule has 25 heavy (non-hydrogen) atoms. The van der Waals surface area contributed by atoms with Crippen molar-refractivity contribution in [3.63, 3.8) is 0 Å². The fraction of sp³-hybridized carbons (Fsp3) is 0.500. The molecule has 0 aliphatic carbocycles. The smallest absolute Gasteiger partial charge is 0.326 e. The van der Waals surface area contributed by atoms with Gasteiger partial charge in [0.2, 0.25) is 5.91 Å². The van der Waals surface area contributed by atoms with Crippen LogP contribution in [-0.4, -0.2) is 44.6 Å². The number of aliphatic carboxylic acids is 1. The Balaban J connectivity index is 1.93. The monoisotopic (exact) mass is 362 g/mol. The molecule has 2 aliphatic rings. The van der Waals surface area contributed by atoms with Crippen molar-refractivity contribution in [1.82, 2.24) is 10.2 Å². The normalized spacial score (nSPS) is 24.8. The predicted molar refractivity (Wildman–Crippen MR) is 95.2 cm³/mol. The summed E-state index contributed by atoms with van der Waals surface area (Å²) in [5.74, 6) is -1.90. The average Bonchev–Trinajstić information content (AvgIpc) is 2.95. The molecular formula is C18H22N2O4S. The van der Waals surface area contributed by atoms with E-state index in [9.17, 15) is 19.5 Å². The zero-order chi connectivity index (χ0) is 18.5. The summed E-state index contributed by atoms with van der Waals surface area (Å²) in [6, 6.07) is 5.68. The summed E-state index contributed by atoms with van der Waals surface area (Å²) in [5.41, 5.74) is 1.53. The molecule has 2 amide bonds. The van der Waals surface area contributed by atoms with Gasteiger partial charge < -0.3 is 15.3 Å². The van der Waals surface area contributed by atoms with Gasteiger partial charge in [-0.05, 0) is 31.4 Å². The first-order valence-electron chi connectivity index (χ1n) is 8.27. The van der Waals surface area contributed by atoms with Crippen LogP contribution in [0.4, 0.5) is 0 Å². The van der Waals surface area contributed by atoms with Crippen LogP contribution in [0.2, 0.25) is 0 Å². The summed E-state index contributed by atoms with van der Waals surface area (Å²) in [6.07, 6.45) is 0. The molecule has 0 spiro atoms. The number of carboxylic acid groups (broad SMARTS) is 1. The molecule has 1 fully saturated rings. The van der Waals surface area contributed by atoms with Crippen molar-refractivity contribution >= 4 is 29.5 Å². The summed E-state index contributed by atoms with van der Waals surface area (Å²) in [6.45, 7) is 7.32. The van der Waals surface area contributed by atoms with Gasteiger partial charge in [-0.2, -0.15) is 0 Å². The van der Waals surface area contributed by atoms with Crippen molar-refractivity contribution in [2.45, 2.75) is 49.9 Å². The third kappa shape index (κ3) is 2.80. The molecule has 2 heterocycles. The number of amides is 2. The van der Waals surface area contributed by atoms with Crippen LogP contribution in [0, 0.1) is 5.92 Å². The number of fused-ring (bicyclic) bond motifs is 3. The molecule has 1 saturated heterocycles. The van der Waals surface area contributed by atoms with E-state index in [4.69, 9.17) is 0 Å². The highest BCUT2D eigenvalue weighted by Crippen LogP contribution is 2.56. The maximum atomic E-state index is 12.9. The van der Waals surface area contributed by atoms with Gasteiger partial charge in [-0.25, -0.2) is 4.79 Å². The van der Waals surface area contributed by atoms with Crippen LogP contribution in [0.3, 0.4) is 0 Å². The molecule has 3 atom stereocenters. The average molecular weight is 362 g/mol. The summed E-state index contributed by atoms with van der Waals surface area (Å²) in [5, 5.41) is 11.8. The molecule has 6 nitrogen and oxygen atoms in total. The summed E-state index contributed by atoms with van der Waals surface area (Å²) in [4.78, 5) is 38.8. The summed E-state index contributed by atoms with van der Waals surface area (Å²) >= 11 is 1.56. The number of carbonyl (C=O) groups excluding carboxylic acids is 2. The largest absolute Gasteiger partial charge is 0.480 e. The van der Waals surface area contributed by atoms with Crippen molar-refractivity contribution in [2.24, 2.45) is 5.92 Å². The second kappa shape index (κ2) is 6.05. The standard InChI is InChI=1S/C18H22N2O4S/c1-9(2)12(17(23)24)19-14(21)13-18(3,4)25-16-11-8-6-5-7-10(11)15(22)20(13)16/h5-9,12-13,16H,1-4H3,(H,19,21)(H,23,24)/t12-,13+,16+/m0/s1. The zero-order valence-electron chi connectivity index (χ0n) is 14.6. The first-order valence-corrected chi connectivity index (χ1v) is 9.15. The van der Waals surface area contributed by atoms with E-state index >= 15 is 0 Å². The molecule has 2 N–H and O–H groups in total. The number of nitrogens with one attached hydrogen (secondary N) is 1. The second-order valence-electron chi connectivity index (χ2n) is 7.34. The number of carbonyl (C=O) groups is 3. The van der Waals surface area contributed by atoms with Gasteiger partial charge in [0.25, 0.3) is 5.91 Å². The number of carboxylic acids is 1. The van der Waals surface area contributed by atoms with Gasteiger partial charge in [-0.1, -0.05) is 32.0 Å². The Hall–Kier alpha value is -2.02. The van der Waals surface area contributed by atoms with E-state index in [1.807, 2.05) is 32.0 Å². The van der Waals surface area contributed by atoms with E-state index in [1.165, 1.54) is 0 Å². The van der Waals surface area contributed by atoms with Gasteiger partial charge in [0, 0.05) is 10.3 Å². The van der Waals surface area contributed by atoms with E-state index in [1.54, 1.807) is 36.6 Å². The van der Waals surface area contributed by atoms with E-state index in [0.29, 0.717) is 5.56 Å². The van der Waals surface area contributed by atoms with Crippen LogP contribution in [0.25, 0.3) is 0 Å². The quantitative estimate of drug-likeness (QED) is 0.858. The minimum atomic E-state index is -1.07. The Kier molecular flexibility index (Phi) is 4.31. The molecule has 2 aliphatic heterocycles. The number of nitrogens with zero attached hydrogens (tertiary/aromatic N) is 1. The van der Waals surface area contributed by atoms with Crippen molar-refractivity contribution in [1.29, 1.82) is 0 Å². The van der Waals surface area contributed by atoms with Crippen molar-refractivity contribution in [3.8, 4) is 0 Å². The van der Waals surface area contributed by atoms with Gasteiger partial charge in [-0.3, -0.25) is 9.59 Å². The highest BCUT2D eigenvalue weighted by Gasteiger charge is 2.57. The van der Waals surface area contributed by atoms with Gasteiger partial charge in [0.05, 0.1) is 0 Å². The molecule has 0 bridgehead atoms. The highest BCUT2D eigenvalue weighted by atomic mass is 32.2. The Labute approximate surface area is 151 Å². The number of hydrogen-bond acceptors (Lipinski definition) is 4. The molecule has 0 radical (unpaired) electrons. The molecule has 1 aromatic rings. The van der Waals surface area contributed by atoms with Crippen LogP contribution >= 0.6 is 11.8 Å². The Morgan fingerprint density at radius 2 is 1.92 bits per heavy atom. The van der Waals surface area contributed by atoms with Gasteiger partial charge in [-0.15, -0.1) is 11.8 Å². The third-order valence-corrected chi connectivity index (χ3v) is 6.31. The highest BCUT2D eigenvalue weighted by molar-refractivity contribution is 8.01. The van der Waals surface area contributed by atoms with E-state index < -0.39 is 28.7 Å². The topological polar surface area (TPSA) is 86.7 Å². The molecule has 7 heteroatoms. The first kappa shape index (κ1) is 17.8. The Bertz CT molecular complexity index is 746. The lowest BCUT2D eigenvalue weighted by molar-refractivity contribution is -0.144. The van der Waals surface area contributed by atoms with Gasteiger partial charge in [0.15, 0.2) is 0 Å². The van der Waals surface area contributed by atoms with Crippen LogP contribution in [-0.2, 0) is 9.59 Å². The van der Waals surface area contributed by atoms with E-state index in [0.717, 1.165) is 5.56 Å². The fourth-order valence-electron chi connectivity index (χ4n) is 3.55. The molecule has 0 saturated carbocycles. The maximum Gasteiger partial charge on any atom is 0.326 e. The van der Waals surface area contributed by atoms with Crippen molar-refractivity contribution < 1.29 is 19.5 Å². The first-order chi connectivity index (χ1) is 11.6. The lowest BCUT2D eigenvalue weighted by Crippen LogP contribution is -2.56. The van der Waals surface area contributed by atoms with Crippen LogP contribution in [0.15, 0.2) is 24.3 Å². The summed E-state index contributed by atoms with van der Waals surface area (Å²) in [7, 11) is 0. The van der Waals surface area contributed by atoms with E-state index in [2.05, 4.69) is 5.32 Å². The molecule has 1 aromatic carbocycles. The maximum absolute atomic E-state index is 12.9. The lowest BCUT2D eigenvalue weighted by atomic mass is 9.98. The van der Waals surface area contributed by atoms with Crippen molar-refractivity contribution in [2.75, 3.05) is 0 Å². The minimum absolute atomic E-state index is 0.171. The number of benzene rings is 1. The van der Waals surface area contributed by atoms with Gasteiger partial charge in [0.1, 0.15) is 17.5 Å². The van der Waals surface area contributed by atoms with E-state index in [-0.39, 0.29) is 17.2 Å². The molecule has 134 valence electrons. The number of rotatable bonds is 4. The molecule has 0 unspecified atom stereocenters. The van der Waals surface area contributed by atoms with Crippen LogP contribution in [0.1, 0.15) is 49.0 Å². The fourth-order valence-corrected chi connectivity index (χ4v) is 5.14. The lowest BCUT2D eigenvalue weighted by Gasteiger charge is -2.31. The van der Waals surface area contributed by atoms with Gasteiger partial charge >= 0.3 is 5.97 Å². The van der Waals surface area contributed by atoms with Crippen LogP contribution < -0.4 is 5.32 Å². The second-order valence-corrected chi connectivity index (χ2v) is 9.08. The molecule has 0 aromatic heterocycles.